The van der Waals surface area contributed by atoms with Crippen molar-refractivity contribution in [3.63, 3.8) is 0 Å². The van der Waals surface area contributed by atoms with E-state index in [1.165, 1.54) is 56.0 Å². The molecule has 2 aromatic carbocycles. The summed E-state index contributed by atoms with van der Waals surface area (Å²) in [6.07, 6.45) is 7.51. The smallest absolute Gasteiger partial charge is 0.872 e. The first kappa shape index (κ1) is 24.6. The van der Waals surface area contributed by atoms with Crippen LogP contribution in [0.5, 0.6) is 17.2 Å². The number of hydrogen-bond donors (Lipinski definition) is 1. The predicted molar refractivity (Wildman–Crippen MR) is 99.3 cm³/mol. The van der Waals surface area contributed by atoms with E-state index in [0.717, 1.165) is 12.8 Å². The Labute approximate surface area is 204 Å². The van der Waals surface area contributed by atoms with Gasteiger partial charge in [0.15, 0.2) is 0 Å². The number of unbranched alkanes of at least 4 members (excludes halogenated alkanes) is 5. The van der Waals surface area contributed by atoms with Crippen LogP contribution >= 0.6 is 0 Å². The SMILES string of the molecule is CCCCCCCCc1cc(Oc2ccccc2S(=O)(=O)O)ccc1[O-].[K+]. The molecule has 0 amide bonds. The van der Waals surface area contributed by atoms with Crippen LogP contribution in [0.2, 0.25) is 0 Å². The minimum Gasteiger partial charge on any atom is -0.872 e. The van der Waals surface area contributed by atoms with Crippen molar-refractivity contribution in [2.75, 3.05) is 0 Å². The standard InChI is InChI=1S/C20H26O5S.K/c1-2-3-4-5-6-7-10-16-15-17(13-14-18(16)21)25-19-11-8-9-12-20(19)26(22,23)24;/h8-9,11-15,21H,2-7,10H2,1H3,(H,22,23,24);/q;+1/p-1. The van der Waals surface area contributed by atoms with Crippen molar-refractivity contribution in [2.24, 2.45) is 0 Å². The molecule has 0 saturated heterocycles. The van der Waals surface area contributed by atoms with E-state index < -0.39 is 10.1 Å². The minimum atomic E-state index is -4.38. The van der Waals surface area contributed by atoms with Crippen LogP contribution in [-0.4, -0.2) is 13.0 Å². The molecule has 0 aliphatic carbocycles. The normalized spacial score (nSPS) is 11.0. The number of ether oxygens (including phenoxy) is 1. The first-order valence-corrected chi connectivity index (χ1v) is 10.4. The van der Waals surface area contributed by atoms with Gasteiger partial charge < -0.3 is 9.84 Å². The Morgan fingerprint density at radius 1 is 1.00 bits per heavy atom. The van der Waals surface area contributed by atoms with Gasteiger partial charge in [0.2, 0.25) is 0 Å². The van der Waals surface area contributed by atoms with Crippen molar-refractivity contribution in [1.29, 1.82) is 0 Å². The van der Waals surface area contributed by atoms with Crippen molar-refractivity contribution >= 4 is 10.1 Å². The fraction of sp³-hybridized carbons (Fsp3) is 0.400. The summed E-state index contributed by atoms with van der Waals surface area (Å²) in [4.78, 5) is -0.302. The second kappa shape index (κ2) is 12.2. The van der Waals surface area contributed by atoms with Crippen LogP contribution in [0.4, 0.5) is 0 Å². The summed E-state index contributed by atoms with van der Waals surface area (Å²) < 4.78 is 37.8. The summed E-state index contributed by atoms with van der Waals surface area (Å²) >= 11 is 0. The second-order valence-corrected chi connectivity index (χ2v) is 7.70. The molecule has 5 nitrogen and oxygen atoms in total. The Bertz CT molecular complexity index is 821. The van der Waals surface area contributed by atoms with E-state index in [4.69, 9.17) is 4.74 Å². The average molecular weight is 417 g/mol. The van der Waals surface area contributed by atoms with Crippen molar-refractivity contribution in [3.8, 4) is 17.2 Å². The summed E-state index contributed by atoms with van der Waals surface area (Å²) in [5, 5.41) is 12.0. The minimum absolute atomic E-state index is 0. The Balaban J connectivity index is 0.00000364. The molecule has 0 atom stereocenters. The van der Waals surface area contributed by atoms with Gasteiger partial charge >= 0.3 is 51.4 Å². The van der Waals surface area contributed by atoms with Crippen LogP contribution in [0.1, 0.15) is 51.0 Å². The van der Waals surface area contributed by atoms with E-state index in [9.17, 15) is 18.1 Å². The maximum Gasteiger partial charge on any atom is 1.00 e. The molecule has 142 valence electrons. The van der Waals surface area contributed by atoms with Crippen molar-refractivity contribution in [2.45, 2.75) is 56.8 Å². The zero-order chi connectivity index (χ0) is 19.0. The fourth-order valence-corrected chi connectivity index (χ4v) is 3.40. The van der Waals surface area contributed by atoms with Gasteiger partial charge in [0.25, 0.3) is 10.1 Å². The predicted octanol–water partition coefficient (Wildman–Crippen LogP) is 1.71. The molecule has 0 saturated carbocycles. The molecule has 1 N–H and O–H groups in total. The quantitative estimate of drug-likeness (QED) is 0.362. The number of aryl methyl sites for hydroxylation is 1. The number of hydrogen-bond acceptors (Lipinski definition) is 4. The maximum atomic E-state index is 12.0. The number of rotatable bonds is 10. The van der Waals surface area contributed by atoms with Gasteiger partial charge in [-0.15, -0.1) is 5.75 Å². The summed E-state index contributed by atoms with van der Waals surface area (Å²) in [5.74, 6) is 0.356. The Morgan fingerprint density at radius 3 is 2.37 bits per heavy atom. The van der Waals surface area contributed by atoms with Crippen LogP contribution in [-0.2, 0) is 16.5 Å². The van der Waals surface area contributed by atoms with Gasteiger partial charge in [0, 0.05) is 0 Å². The van der Waals surface area contributed by atoms with Gasteiger partial charge in [-0.2, -0.15) is 8.42 Å². The zero-order valence-electron chi connectivity index (χ0n) is 16.0. The van der Waals surface area contributed by atoms with Crippen LogP contribution in [0.15, 0.2) is 47.4 Å². The summed E-state index contributed by atoms with van der Waals surface area (Å²) in [5.41, 5.74) is 0.655. The topological polar surface area (TPSA) is 86.7 Å². The van der Waals surface area contributed by atoms with Crippen molar-refractivity contribution in [1.82, 2.24) is 0 Å². The van der Waals surface area contributed by atoms with Crippen LogP contribution in [0, 0.1) is 0 Å². The molecule has 0 unspecified atom stereocenters. The molecule has 27 heavy (non-hydrogen) atoms. The van der Waals surface area contributed by atoms with Gasteiger partial charge in [-0.1, -0.05) is 62.8 Å². The van der Waals surface area contributed by atoms with Crippen molar-refractivity contribution in [3.05, 3.63) is 48.0 Å². The summed E-state index contributed by atoms with van der Waals surface area (Å²) in [6.45, 7) is 2.18. The first-order valence-electron chi connectivity index (χ1n) is 8.96. The third kappa shape index (κ3) is 8.23. The van der Waals surface area contributed by atoms with Crippen LogP contribution in [0.25, 0.3) is 0 Å². The Morgan fingerprint density at radius 2 is 1.67 bits per heavy atom. The van der Waals surface area contributed by atoms with E-state index in [0.29, 0.717) is 17.7 Å². The molecule has 7 heteroatoms. The third-order valence-electron chi connectivity index (χ3n) is 4.19. The van der Waals surface area contributed by atoms with Crippen LogP contribution < -0.4 is 61.2 Å². The fourth-order valence-electron chi connectivity index (χ4n) is 2.79. The van der Waals surface area contributed by atoms with Gasteiger partial charge in [-0.3, -0.25) is 4.55 Å². The molecule has 2 rings (SSSR count). The molecule has 2 aromatic rings. The molecule has 0 bridgehead atoms. The van der Waals surface area contributed by atoms with Crippen LogP contribution in [0.3, 0.4) is 0 Å². The molecule has 0 aromatic heterocycles. The van der Waals surface area contributed by atoms with Gasteiger partial charge in [-0.05, 0) is 37.1 Å². The molecule has 0 heterocycles. The Kier molecular flexibility index (Phi) is 11.1. The molecular formula is C20H25KO5S. The Hall–Kier alpha value is -0.414. The van der Waals surface area contributed by atoms with E-state index in [-0.39, 0.29) is 67.8 Å². The second-order valence-electron chi connectivity index (χ2n) is 6.31. The first-order chi connectivity index (χ1) is 12.4. The number of benzene rings is 2. The maximum absolute atomic E-state index is 12.0. The van der Waals surface area contributed by atoms with Gasteiger partial charge in [0.05, 0.1) is 0 Å². The summed E-state index contributed by atoms with van der Waals surface area (Å²) in [6, 6.07) is 10.4. The molecular weight excluding hydrogens is 391 g/mol. The molecule has 0 aliphatic heterocycles. The van der Waals surface area contributed by atoms with E-state index in [2.05, 4.69) is 6.92 Å². The monoisotopic (exact) mass is 416 g/mol. The van der Waals surface area contributed by atoms with E-state index in [1.807, 2.05) is 0 Å². The van der Waals surface area contributed by atoms with E-state index >= 15 is 0 Å². The zero-order valence-corrected chi connectivity index (χ0v) is 19.9. The van der Waals surface area contributed by atoms with Gasteiger partial charge in [0.1, 0.15) is 16.4 Å². The molecule has 0 fully saturated rings. The molecule has 0 spiro atoms. The molecule has 0 radical (unpaired) electrons. The van der Waals surface area contributed by atoms with Crippen molar-refractivity contribution < 1.29 is 74.2 Å². The van der Waals surface area contributed by atoms with Gasteiger partial charge in [-0.25, -0.2) is 0 Å². The summed E-state index contributed by atoms with van der Waals surface area (Å²) in [7, 11) is -4.38. The third-order valence-corrected chi connectivity index (χ3v) is 5.08. The van der Waals surface area contributed by atoms with E-state index in [1.54, 1.807) is 12.1 Å². The largest absolute Gasteiger partial charge is 1.00 e. The number of para-hydroxylation sites is 1. The average Bonchev–Trinajstić information content (AvgIpc) is 2.60. The molecule has 0 aliphatic rings.